The predicted molar refractivity (Wildman–Crippen MR) is 84.6 cm³/mol. The zero-order valence-corrected chi connectivity index (χ0v) is 13.0. The summed E-state index contributed by atoms with van der Waals surface area (Å²) in [6, 6.07) is 14.4. The highest BCUT2D eigenvalue weighted by atomic mass is 79.9. The summed E-state index contributed by atoms with van der Waals surface area (Å²) in [5.74, 6) is 1.05. The van der Waals surface area contributed by atoms with Crippen LogP contribution in [0.4, 0.5) is 0 Å². The molecule has 2 aromatic carbocycles. The van der Waals surface area contributed by atoms with Gasteiger partial charge in [0.05, 0.1) is 5.56 Å². The van der Waals surface area contributed by atoms with Crippen LogP contribution in [0.15, 0.2) is 52.7 Å². The van der Waals surface area contributed by atoms with Gasteiger partial charge < -0.3 is 9.47 Å². The van der Waals surface area contributed by atoms with Gasteiger partial charge in [-0.2, -0.15) is 5.26 Å². The van der Waals surface area contributed by atoms with Gasteiger partial charge in [-0.25, -0.2) is 0 Å². The average molecular weight is 356 g/mol. The maximum absolute atomic E-state index is 12.3. The highest BCUT2D eigenvalue weighted by Crippen LogP contribution is 2.35. The minimum absolute atomic E-state index is 0.0481. The number of carbonyl (C=O) groups excluding carboxylic acids is 1. The van der Waals surface area contributed by atoms with E-state index in [-0.39, 0.29) is 18.1 Å². The molecule has 0 atom stereocenters. The fourth-order valence-electron chi connectivity index (χ4n) is 2.12. The monoisotopic (exact) mass is 355 g/mol. The predicted octanol–water partition coefficient (Wildman–Crippen LogP) is 3.97. The van der Waals surface area contributed by atoms with Gasteiger partial charge in [0.15, 0.2) is 12.4 Å². The second-order valence-electron chi connectivity index (χ2n) is 4.60. The number of ether oxygens (including phenoxy) is 2. The van der Waals surface area contributed by atoms with Crippen molar-refractivity contribution >= 4 is 27.8 Å². The van der Waals surface area contributed by atoms with Crippen LogP contribution < -0.4 is 9.47 Å². The van der Waals surface area contributed by atoms with E-state index in [9.17, 15) is 4.79 Å². The second-order valence-corrected chi connectivity index (χ2v) is 5.52. The molecular formula is C17H10BrNO3. The van der Waals surface area contributed by atoms with Crippen molar-refractivity contribution in [3.63, 3.8) is 0 Å². The summed E-state index contributed by atoms with van der Waals surface area (Å²) in [5, 5.41) is 8.52. The molecule has 0 bridgehead atoms. The van der Waals surface area contributed by atoms with Crippen molar-refractivity contribution in [1.29, 1.82) is 5.26 Å². The number of nitriles is 1. The lowest BCUT2D eigenvalue weighted by Crippen LogP contribution is -1.97. The van der Waals surface area contributed by atoms with Crippen molar-refractivity contribution in [2.45, 2.75) is 0 Å². The van der Waals surface area contributed by atoms with Gasteiger partial charge in [-0.3, -0.25) is 4.79 Å². The van der Waals surface area contributed by atoms with Crippen molar-refractivity contribution in [2.24, 2.45) is 0 Å². The number of hydrogen-bond donors (Lipinski definition) is 0. The van der Waals surface area contributed by atoms with E-state index >= 15 is 0 Å². The number of halogens is 1. The Bertz CT molecular complexity index is 821. The molecule has 4 nitrogen and oxygen atoms in total. The lowest BCUT2D eigenvalue weighted by atomic mass is 10.1. The molecule has 22 heavy (non-hydrogen) atoms. The number of fused-ring (bicyclic) bond motifs is 1. The molecule has 0 spiro atoms. The number of benzene rings is 2. The molecule has 5 heteroatoms. The molecule has 0 saturated heterocycles. The molecule has 3 rings (SSSR count). The third-order valence-corrected chi connectivity index (χ3v) is 3.58. The van der Waals surface area contributed by atoms with Crippen molar-refractivity contribution in [3.05, 3.63) is 63.8 Å². The van der Waals surface area contributed by atoms with Crippen molar-refractivity contribution in [1.82, 2.24) is 0 Å². The van der Waals surface area contributed by atoms with Crippen LogP contribution in [0.25, 0.3) is 6.08 Å². The van der Waals surface area contributed by atoms with Crippen molar-refractivity contribution in [2.75, 3.05) is 6.61 Å². The molecule has 0 amide bonds. The minimum Gasteiger partial charge on any atom is -0.479 e. The Morgan fingerprint density at radius 2 is 2.14 bits per heavy atom. The quantitative estimate of drug-likeness (QED) is 0.781. The van der Waals surface area contributed by atoms with E-state index < -0.39 is 0 Å². The number of rotatable bonds is 3. The average Bonchev–Trinajstić information content (AvgIpc) is 2.81. The van der Waals surface area contributed by atoms with Crippen LogP contribution >= 0.6 is 15.9 Å². The Labute approximate surface area is 135 Å². The molecule has 108 valence electrons. The molecule has 0 aromatic heterocycles. The molecule has 0 aliphatic carbocycles. The Morgan fingerprint density at radius 3 is 2.91 bits per heavy atom. The molecule has 1 aliphatic rings. The van der Waals surface area contributed by atoms with E-state index in [0.717, 1.165) is 10.0 Å². The van der Waals surface area contributed by atoms with E-state index in [4.69, 9.17) is 14.7 Å². The lowest BCUT2D eigenvalue weighted by molar-refractivity contribution is 0.101. The van der Waals surface area contributed by atoms with Crippen LogP contribution in [0, 0.1) is 11.3 Å². The van der Waals surface area contributed by atoms with Crippen LogP contribution in [-0.2, 0) is 0 Å². The van der Waals surface area contributed by atoms with Crippen LogP contribution in [0.2, 0.25) is 0 Å². The summed E-state index contributed by atoms with van der Waals surface area (Å²) in [7, 11) is 0. The first kappa shape index (κ1) is 14.4. The lowest BCUT2D eigenvalue weighted by Gasteiger charge is -2.03. The molecule has 2 aromatic rings. The highest BCUT2D eigenvalue weighted by molar-refractivity contribution is 9.10. The summed E-state index contributed by atoms with van der Waals surface area (Å²) >= 11 is 3.39. The molecule has 1 heterocycles. The fraction of sp³-hybridized carbons (Fsp3) is 0.0588. The first-order chi connectivity index (χ1) is 10.7. The van der Waals surface area contributed by atoms with Crippen LogP contribution in [0.1, 0.15) is 15.9 Å². The van der Waals surface area contributed by atoms with Gasteiger partial charge in [0.25, 0.3) is 0 Å². The zero-order chi connectivity index (χ0) is 15.5. The number of allylic oxidation sites excluding steroid dienone is 1. The normalized spacial score (nSPS) is 14.4. The van der Waals surface area contributed by atoms with Crippen molar-refractivity contribution < 1.29 is 14.3 Å². The van der Waals surface area contributed by atoms with E-state index in [2.05, 4.69) is 15.9 Å². The summed E-state index contributed by atoms with van der Waals surface area (Å²) in [6.45, 7) is -0.0481. The topological polar surface area (TPSA) is 59.3 Å². The molecule has 1 aliphatic heterocycles. The first-order valence-electron chi connectivity index (χ1n) is 6.51. The second kappa shape index (κ2) is 6.04. The van der Waals surface area contributed by atoms with E-state index in [1.54, 1.807) is 24.3 Å². The van der Waals surface area contributed by atoms with Gasteiger partial charge in [-0.1, -0.05) is 28.1 Å². The Kier molecular flexibility index (Phi) is 3.94. The maximum atomic E-state index is 12.3. The first-order valence-corrected chi connectivity index (χ1v) is 7.30. The van der Waals surface area contributed by atoms with Crippen LogP contribution in [0.3, 0.4) is 0 Å². The Hall–Kier alpha value is -2.58. The molecule has 0 N–H and O–H groups in total. The smallest absolute Gasteiger partial charge is 0.231 e. The molecule has 0 radical (unpaired) electrons. The summed E-state index contributed by atoms with van der Waals surface area (Å²) in [6.07, 6.45) is 1.70. The Morgan fingerprint density at radius 1 is 1.27 bits per heavy atom. The minimum atomic E-state index is -0.165. The van der Waals surface area contributed by atoms with Crippen molar-refractivity contribution in [3.8, 4) is 17.6 Å². The number of nitrogens with zero attached hydrogens (tertiary/aromatic N) is 1. The van der Waals surface area contributed by atoms with E-state index in [1.807, 2.05) is 30.3 Å². The van der Waals surface area contributed by atoms with Crippen LogP contribution in [0.5, 0.6) is 11.5 Å². The van der Waals surface area contributed by atoms with Gasteiger partial charge in [0.1, 0.15) is 17.6 Å². The largest absolute Gasteiger partial charge is 0.479 e. The Balaban J connectivity index is 1.89. The molecule has 0 unspecified atom stereocenters. The van der Waals surface area contributed by atoms with Gasteiger partial charge in [-0.05, 0) is 35.9 Å². The van der Waals surface area contributed by atoms with Crippen LogP contribution in [-0.4, -0.2) is 12.4 Å². The SMILES string of the molecule is N#CCOc1ccc2c(c1)O/C(=C\c1cccc(Br)c1)C2=O. The number of ketones is 1. The number of hydrogen-bond acceptors (Lipinski definition) is 4. The fourth-order valence-corrected chi connectivity index (χ4v) is 2.54. The number of carbonyl (C=O) groups is 1. The molecule has 0 saturated carbocycles. The molecular weight excluding hydrogens is 346 g/mol. The van der Waals surface area contributed by atoms with Gasteiger partial charge in [-0.15, -0.1) is 0 Å². The van der Waals surface area contributed by atoms with E-state index in [1.165, 1.54) is 0 Å². The summed E-state index contributed by atoms with van der Waals surface area (Å²) in [5.41, 5.74) is 1.36. The maximum Gasteiger partial charge on any atom is 0.231 e. The number of Topliss-reactive ketones (excluding diaryl/α,β-unsaturated/α-hetero) is 1. The third kappa shape index (κ3) is 2.87. The third-order valence-electron chi connectivity index (χ3n) is 3.09. The highest BCUT2D eigenvalue weighted by Gasteiger charge is 2.27. The molecule has 0 fully saturated rings. The summed E-state index contributed by atoms with van der Waals surface area (Å²) < 4.78 is 11.8. The standard InChI is InChI=1S/C17H10BrNO3/c18-12-3-1-2-11(8-12)9-16-17(20)14-5-4-13(21-7-6-19)10-15(14)22-16/h1-5,8-10H,7H2/b16-9-. The zero-order valence-electron chi connectivity index (χ0n) is 11.4. The van der Waals surface area contributed by atoms with E-state index in [0.29, 0.717) is 17.1 Å². The summed E-state index contributed by atoms with van der Waals surface area (Å²) in [4.78, 5) is 12.3. The van der Waals surface area contributed by atoms with Gasteiger partial charge >= 0.3 is 0 Å². The van der Waals surface area contributed by atoms with Gasteiger partial charge in [0.2, 0.25) is 5.78 Å². The van der Waals surface area contributed by atoms with Gasteiger partial charge in [0, 0.05) is 10.5 Å².